The molecule has 1 aromatic rings. The van der Waals surface area contributed by atoms with Gasteiger partial charge in [0.2, 0.25) is 0 Å². The van der Waals surface area contributed by atoms with Gasteiger partial charge < -0.3 is 0 Å². The topological polar surface area (TPSA) is 23.8 Å². The number of rotatable bonds is 3. The van der Waals surface area contributed by atoms with Crippen LogP contribution in [0.3, 0.4) is 0 Å². The van der Waals surface area contributed by atoms with E-state index >= 15 is 0 Å². The highest BCUT2D eigenvalue weighted by molar-refractivity contribution is 6.37. The van der Waals surface area contributed by atoms with E-state index in [1.807, 2.05) is 78.0 Å². The first-order valence-corrected chi connectivity index (χ1v) is 7.56. The van der Waals surface area contributed by atoms with E-state index in [2.05, 4.69) is 6.07 Å². The van der Waals surface area contributed by atoms with Crippen LogP contribution >= 0.6 is 11.6 Å². The van der Waals surface area contributed by atoms with Crippen molar-refractivity contribution >= 4 is 17.2 Å². The molecular formula is C19H24ClN. The van der Waals surface area contributed by atoms with E-state index in [1.54, 1.807) is 0 Å². The van der Waals surface area contributed by atoms with Gasteiger partial charge in [-0.05, 0) is 57.0 Å². The Labute approximate surface area is 134 Å². The molecule has 0 heterocycles. The van der Waals surface area contributed by atoms with E-state index in [-0.39, 0.29) is 0 Å². The van der Waals surface area contributed by atoms with Crippen LogP contribution in [0.4, 0.5) is 0 Å². The lowest BCUT2D eigenvalue weighted by molar-refractivity contribution is 1.37. The Bertz CT molecular complexity index is 577. The van der Waals surface area contributed by atoms with Crippen LogP contribution in [-0.2, 0) is 0 Å². The van der Waals surface area contributed by atoms with Gasteiger partial charge in [0.1, 0.15) is 0 Å². The maximum atomic E-state index is 8.83. The predicted molar refractivity (Wildman–Crippen MR) is 94.1 cm³/mol. The second-order valence-corrected chi connectivity index (χ2v) is 5.00. The number of benzene rings is 1. The van der Waals surface area contributed by atoms with Crippen molar-refractivity contribution in [1.29, 1.82) is 5.26 Å². The van der Waals surface area contributed by atoms with Crippen molar-refractivity contribution < 1.29 is 0 Å². The number of nitrogens with zero attached hydrogens (tertiary/aromatic N) is 1. The van der Waals surface area contributed by atoms with E-state index in [4.69, 9.17) is 16.9 Å². The zero-order chi connectivity index (χ0) is 16.4. The molecule has 0 atom stereocenters. The Balaban J connectivity index is 0.00000191. The van der Waals surface area contributed by atoms with Gasteiger partial charge in [0.05, 0.1) is 11.6 Å². The van der Waals surface area contributed by atoms with Crippen molar-refractivity contribution in [1.82, 2.24) is 0 Å². The van der Waals surface area contributed by atoms with Gasteiger partial charge in [-0.1, -0.05) is 54.8 Å². The highest BCUT2D eigenvalue weighted by atomic mass is 35.5. The van der Waals surface area contributed by atoms with Crippen LogP contribution in [0.5, 0.6) is 0 Å². The van der Waals surface area contributed by atoms with Crippen LogP contribution < -0.4 is 0 Å². The first kappa shape index (κ1) is 19.2. The standard InChI is InChI=1S/C17H18ClN.C2H6/c1-5-13(4)10-16(18)17(12(2)3)15-8-6-14(11-19)7-9-15;1-2/h5-10H,1-4H3;1-2H3/b13-5-,16-10+;. The van der Waals surface area contributed by atoms with Crippen molar-refractivity contribution in [2.45, 2.75) is 41.5 Å². The zero-order valence-electron chi connectivity index (χ0n) is 13.8. The third kappa shape index (κ3) is 6.02. The second kappa shape index (κ2) is 10.0. The van der Waals surface area contributed by atoms with Crippen molar-refractivity contribution in [3.05, 3.63) is 63.7 Å². The van der Waals surface area contributed by atoms with E-state index in [0.29, 0.717) is 5.56 Å². The Morgan fingerprint density at radius 2 is 1.62 bits per heavy atom. The molecule has 0 saturated carbocycles. The van der Waals surface area contributed by atoms with Gasteiger partial charge >= 0.3 is 0 Å². The average Bonchev–Trinajstić information content (AvgIpc) is 2.49. The number of hydrogen-bond acceptors (Lipinski definition) is 1. The fourth-order valence-electron chi connectivity index (χ4n) is 1.73. The summed E-state index contributed by atoms with van der Waals surface area (Å²) in [7, 11) is 0. The summed E-state index contributed by atoms with van der Waals surface area (Å²) in [5, 5.41) is 9.55. The van der Waals surface area contributed by atoms with Crippen LogP contribution in [0.15, 0.2) is 52.6 Å². The molecule has 2 heteroatoms. The molecule has 0 amide bonds. The normalized spacial score (nSPS) is 11.1. The highest BCUT2D eigenvalue weighted by Gasteiger charge is 2.08. The molecule has 1 aromatic carbocycles. The maximum Gasteiger partial charge on any atom is 0.0991 e. The van der Waals surface area contributed by atoms with Crippen LogP contribution in [0.25, 0.3) is 5.57 Å². The van der Waals surface area contributed by atoms with Gasteiger partial charge in [-0.25, -0.2) is 0 Å². The molecule has 0 N–H and O–H groups in total. The molecule has 21 heavy (non-hydrogen) atoms. The fourth-order valence-corrected chi connectivity index (χ4v) is 2.20. The van der Waals surface area contributed by atoms with Crippen molar-refractivity contribution in [3.8, 4) is 6.07 Å². The summed E-state index contributed by atoms with van der Waals surface area (Å²) in [5.41, 5.74) is 4.98. The van der Waals surface area contributed by atoms with Gasteiger partial charge in [-0.3, -0.25) is 0 Å². The first-order chi connectivity index (χ1) is 9.99. The number of allylic oxidation sites excluding steroid dienone is 6. The van der Waals surface area contributed by atoms with E-state index in [0.717, 1.165) is 27.3 Å². The minimum absolute atomic E-state index is 0.654. The lowest BCUT2D eigenvalue weighted by Gasteiger charge is -2.10. The number of halogens is 1. The molecule has 1 rings (SSSR count). The van der Waals surface area contributed by atoms with Crippen molar-refractivity contribution in [2.75, 3.05) is 0 Å². The van der Waals surface area contributed by atoms with E-state index < -0.39 is 0 Å². The summed E-state index contributed by atoms with van der Waals surface area (Å²) in [6.45, 7) is 12.1. The quantitative estimate of drug-likeness (QED) is 0.587. The Hall–Kier alpha value is -1.78. The molecule has 0 unspecified atom stereocenters. The smallest absolute Gasteiger partial charge is 0.0991 e. The largest absolute Gasteiger partial charge is 0.192 e. The number of nitriles is 1. The summed E-state index contributed by atoms with van der Waals surface area (Å²) in [4.78, 5) is 0. The van der Waals surface area contributed by atoms with Crippen LogP contribution in [0.1, 0.15) is 52.7 Å². The third-order valence-corrected chi connectivity index (χ3v) is 3.15. The van der Waals surface area contributed by atoms with Gasteiger partial charge in [0, 0.05) is 5.03 Å². The van der Waals surface area contributed by atoms with Gasteiger partial charge in [0.25, 0.3) is 0 Å². The molecule has 0 aromatic heterocycles. The lowest BCUT2D eigenvalue weighted by atomic mass is 9.99. The SMILES string of the molecule is C/C=C(C)\C=C(\Cl)C(=C(C)C)c1ccc(C#N)cc1.CC. The summed E-state index contributed by atoms with van der Waals surface area (Å²) >= 11 is 6.42. The Morgan fingerprint density at radius 3 is 2.00 bits per heavy atom. The average molecular weight is 302 g/mol. The fraction of sp³-hybridized carbons (Fsp3) is 0.316. The minimum Gasteiger partial charge on any atom is -0.192 e. The minimum atomic E-state index is 0.654. The van der Waals surface area contributed by atoms with Crippen LogP contribution in [0, 0.1) is 11.3 Å². The second-order valence-electron chi connectivity index (χ2n) is 4.59. The molecule has 0 bridgehead atoms. The van der Waals surface area contributed by atoms with Crippen LogP contribution in [0.2, 0.25) is 0 Å². The molecule has 0 spiro atoms. The zero-order valence-corrected chi connectivity index (χ0v) is 14.5. The molecule has 0 saturated heterocycles. The summed E-state index contributed by atoms with van der Waals surface area (Å²) in [6.07, 6.45) is 3.98. The molecule has 0 radical (unpaired) electrons. The Kier molecular flexibility index (Phi) is 9.17. The summed E-state index contributed by atoms with van der Waals surface area (Å²) in [6, 6.07) is 9.61. The lowest BCUT2D eigenvalue weighted by Crippen LogP contribution is -1.89. The highest BCUT2D eigenvalue weighted by Crippen LogP contribution is 2.30. The maximum absolute atomic E-state index is 8.83. The predicted octanol–water partition coefficient (Wildman–Crippen LogP) is 6.47. The monoisotopic (exact) mass is 301 g/mol. The molecule has 0 aliphatic heterocycles. The Morgan fingerprint density at radius 1 is 1.10 bits per heavy atom. The first-order valence-electron chi connectivity index (χ1n) is 7.18. The molecule has 0 aliphatic carbocycles. The van der Waals surface area contributed by atoms with Crippen molar-refractivity contribution in [2.24, 2.45) is 0 Å². The van der Waals surface area contributed by atoms with Gasteiger partial charge in [0.15, 0.2) is 0 Å². The molecular weight excluding hydrogens is 278 g/mol. The van der Waals surface area contributed by atoms with Crippen LogP contribution in [-0.4, -0.2) is 0 Å². The molecule has 1 nitrogen and oxygen atoms in total. The summed E-state index contributed by atoms with van der Waals surface area (Å²) < 4.78 is 0. The number of hydrogen-bond donors (Lipinski definition) is 0. The third-order valence-electron chi connectivity index (χ3n) is 2.85. The van der Waals surface area contributed by atoms with Crippen molar-refractivity contribution in [3.63, 3.8) is 0 Å². The molecule has 112 valence electrons. The summed E-state index contributed by atoms with van der Waals surface area (Å²) in [5.74, 6) is 0. The van der Waals surface area contributed by atoms with E-state index in [1.165, 1.54) is 0 Å². The van der Waals surface area contributed by atoms with Gasteiger partial charge in [-0.2, -0.15) is 5.26 Å². The van der Waals surface area contributed by atoms with Gasteiger partial charge in [-0.15, -0.1) is 0 Å². The molecule has 0 fully saturated rings. The molecule has 0 aliphatic rings. The van der Waals surface area contributed by atoms with E-state index in [9.17, 15) is 0 Å².